The average molecular weight is 281 g/mol. The van der Waals surface area contributed by atoms with Crippen LogP contribution in [0.25, 0.3) is 0 Å². The van der Waals surface area contributed by atoms with Crippen molar-refractivity contribution in [3.05, 3.63) is 41.3 Å². The van der Waals surface area contributed by atoms with Crippen LogP contribution in [0.5, 0.6) is 5.75 Å². The molecule has 5 heteroatoms. The van der Waals surface area contributed by atoms with Crippen molar-refractivity contribution in [1.82, 2.24) is 5.32 Å². The number of hydrogen-bond acceptors (Lipinski definition) is 4. The summed E-state index contributed by atoms with van der Waals surface area (Å²) in [5.41, 5.74) is 1.12. The van der Waals surface area contributed by atoms with Crippen molar-refractivity contribution in [1.29, 1.82) is 0 Å². The average Bonchev–Trinajstić information content (AvgIpc) is 2.69. The molecule has 0 saturated carbocycles. The van der Waals surface area contributed by atoms with E-state index in [2.05, 4.69) is 5.32 Å². The van der Waals surface area contributed by atoms with E-state index < -0.39 is 9.84 Å². The summed E-state index contributed by atoms with van der Waals surface area (Å²) < 4.78 is 28.0. The molecule has 1 aromatic carbocycles. The molecule has 0 bridgehead atoms. The fourth-order valence-corrected chi connectivity index (χ4v) is 3.55. The quantitative estimate of drug-likeness (QED) is 0.889. The van der Waals surface area contributed by atoms with E-state index in [1.165, 1.54) is 5.41 Å². The smallest absolute Gasteiger partial charge is 0.173 e. The van der Waals surface area contributed by atoms with Crippen LogP contribution in [0.2, 0.25) is 0 Å². The van der Waals surface area contributed by atoms with Gasteiger partial charge in [0.25, 0.3) is 0 Å². The third-order valence-corrected chi connectivity index (χ3v) is 4.54. The van der Waals surface area contributed by atoms with Gasteiger partial charge in [-0.15, -0.1) is 0 Å². The Morgan fingerprint density at radius 2 is 2.16 bits per heavy atom. The van der Waals surface area contributed by atoms with Crippen molar-refractivity contribution in [3.63, 3.8) is 0 Å². The Balaban J connectivity index is 1.95. The fraction of sp³-hybridized carbons (Fsp3) is 0.429. The molecular weight excluding hydrogens is 262 g/mol. The van der Waals surface area contributed by atoms with Gasteiger partial charge in [-0.2, -0.15) is 0 Å². The SMILES string of the molecule is COc1ccccc1CC(C)NC1C=CS(=O)(=O)C1. The predicted molar refractivity (Wildman–Crippen MR) is 76.0 cm³/mol. The number of para-hydroxylation sites is 1. The lowest BCUT2D eigenvalue weighted by molar-refractivity contribution is 0.405. The highest BCUT2D eigenvalue weighted by Crippen LogP contribution is 2.19. The summed E-state index contributed by atoms with van der Waals surface area (Å²) in [6.45, 7) is 2.05. The lowest BCUT2D eigenvalue weighted by Crippen LogP contribution is -2.38. The zero-order valence-electron chi connectivity index (χ0n) is 11.2. The first-order valence-corrected chi connectivity index (χ1v) is 8.00. The van der Waals surface area contributed by atoms with Gasteiger partial charge in [-0.05, 0) is 25.0 Å². The van der Waals surface area contributed by atoms with E-state index >= 15 is 0 Å². The molecule has 104 valence electrons. The molecule has 0 radical (unpaired) electrons. The summed E-state index contributed by atoms with van der Waals surface area (Å²) in [6.07, 6.45) is 2.52. The van der Waals surface area contributed by atoms with Gasteiger partial charge in [-0.1, -0.05) is 24.3 Å². The Morgan fingerprint density at radius 3 is 2.79 bits per heavy atom. The van der Waals surface area contributed by atoms with Crippen LogP contribution in [0.15, 0.2) is 35.7 Å². The van der Waals surface area contributed by atoms with Gasteiger partial charge in [0.15, 0.2) is 9.84 Å². The Morgan fingerprint density at radius 1 is 1.42 bits per heavy atom. The number of rotatable bonds is 5. The maximum absolute atomic E-state index is 11.3. The predicted octanol–water partition coefficient (Wildman–Crippen LogP) is 1.53. The molecule has 1 aliphatic heterocycles. The Hall–Kier alpha value is -1.33. The highest BCUT2D eigenvalue weighted by molar-refractivity contribution is 7.94. The summed E-state index contributed by atoms with van der Waals surface area (Å²) in [4.78, 5) is 0. The molecule has 2 atom stereocenters. The maximum Gasteiger partial charge on any atom is 0.173 e. The number of methoxy groups -OCH3 is 1. The van der Waals surface area contributed by atoms with E-state index in [9.17, 15) is 8.42 Å². The third-order valence-electron chi connectivity index (χ3n) is 3.15. The zero-order chi connectivity index (χ0) is 13.9. The molecule has 1 N–H and O–H groups in total. The van der Waals surface area contributed by atoms with Crippen molar-refractivity contribution in [2.75, 3.05) is 12.9 Å². The highest BCUT2D eigenvalue weighted by atomic mass is 32.2. The summed E-state index contributed by atoms with van der Waals surface area (Å²) >= 11 is 0. The lowest BCUT2D eigenvalue weighted by Gasteiger charge is -2.19. The van der Waals surface area contributed by atoms with Gasteiger partial charge in [0.2, 0.25) is 0 Å². The minimum atomic E-state index is -2.99. The van der Waals surface area contributed by atoms with Gasteiger partial charge < -0.3 is 10.1 Å². The van der Waals surface area contributed by atoms with E-state index in [0.717, 1.165) is 17.7 Å². The fourth-order valence-electron chi connectivity index (χ4n) is 2.31. The molecule has 0 aromatic heterocycles. The minimum Gasteiger partial charge on any atom is -0.496 e. The van der Waals surface area contributed by atoms with Gasteiger partial charge in [0.1, 0.15) is 5.75 Å². The molecule has 2 unspecified atom stereocenters. The number of sulfone groups is 1. The van der Waals surface area contributed by atoms with E-state index in [-0.39, 0.29) is 17.8 Å². The monoisotopic (exact) mass is 281 g/mol. The van der Waals surface area contributed by atoms with Gasteiger partial charge in [-0.3, -0.25) is 0 Å². The molecule has 4 nitrogen and oxygen atoms in total. The van der Waals surface area contributed by atoms with Gasteiger partial charge in [0.05, 0.1) is 12.9 Å². The van der Waals surface area contributed by atoms with Crippen LogP contribution in [0.4, 0.5) is 0 Å². The van der Waals surface area contributed by atoms with Crippen molar-refractivity contribution >= 4 is 9.84 Å². The number of hydrogen-bond donors (Lipinski definition) is 1. The molecule has 1 heterocycles. The first-order chi connectivity index (χ1) is 9.00. The first kappa shape index (κ1) is 14.1. The second kappa shape index (κ2) is 5.75. The molecule has 0 spiro atoms. The largest absolute Gasteiger partial charge is 0.496 e. The van der Waals surface area contributed by atoms with E-state index in [1.54, 1.807) is 13.2 Å². The van der Waals surface area contributed by atoms with Crippen LogP contribution in [-0.2, 0) is 16.3 Å². The second-order valence-corrected chi connectivity index (χ2v) is 6.78. The first-order valence-electron chi connectivity index (χ1n) is 6.29. The van der Waals surface area contributed by atoms with Crippen LogP contribution >= 0.6 is 0 Å². The van der Waals surface area contributed by atoms with Crippen LogP contribution in [0.3, 0.4) is 0 Å². The topological polar surface area (TPSA) is 55.4 Å². The number of ether oxygens (including phenoxy) is 1. The van der Waals surface area contributed by atoms with Gasteiger partial charge in [0, 0.05) is 17.5 Å². The Bertz CT molecular complexity index is 566. The summed E-state index contributed by atoms with van der Waals surface area (Å²) in [5, 5.41) is 4.60. The van der Waals surface area contributed by atoms with Crippen LogP contribution in [0.1, 0.15) is 12.5 Å². The molecule has 19 heavy (non-hydrogen) atoms. The normalized spacial score (nSPS) is 22.3. The van der Waals surface area contributed by atoms with E-state index in [4.69, 9.17) is 4.74 Å². The molecule has 1 aromatic rings. The zero-order valence-corrected chi connectivity index (χ0v) is 12.0. The lowest BCUT2D eigenvalue weighted by atomic mass is 10.1. The maximum atomic E-state index is 11.3. The van der Waals surface area contributed by atoms with Crippen LogP contribution < -0.4 is 10.1 Å². The van der Waals surface area contributed by atoms with Crippen molar-refractivity contribution in [2.45, 2.75) is 25.4 Å². The van der Waals surface area contributed by atoms with Crippen LogP contribution in [-0.4, -0.2) is 33.4 Å². The molecule has 2 rings (SSSR count). The van der Waals surface area contributed by atoms with E-state index in [0.29, 0.717) is 0 Å². The van der Waals surface area contributed by atoms with Gasteiger partial charge >= 0.3 is 0 Å². The molecule has 0 aliphatic carbocycles. The molecule has 1 aliphatic rings. The molecule has 0 amide bonds. The minimum absolute atomic E-state index is 0.0882. The Kier molecular flexibility index (Phi) is 4.27. The van der Waals surface area contributed by atoms with Crippen molar-refractivity contribution in [3.8, 4) is 5.75 Å². The van der Waals surface area contributed by atoms with Crippen LogP contribution in [0, 0.1) is 0 Å². The van der Waals surface area contributed by atoms with Crippen molar-refractivity contribution in [2.24, 2.45) is 0 Å². The number of nitrogens with one attached hydrogen (secondary N) is 1. The summed E-state index contributed by atoms with van der Waals surface area (Å²) in [5.74, 6) is 1.02. The molecule has 0 saturated heterocycles. The van der Waals surface area contributed by atoms with Gasteiger partial charge in [-0.25, -0.2) is 8.42 Å². The number of benzene rings is 1. The summed E-state index contributed by atoms with van der Waals surface area (Å²) in [7, 11) is -1.34. The highest BCUT2D eigenvalue weighted by Gasteiger charge is 2.22. The Labute approximate surface area is 114 Å². The van der Waals surface area contributed by atoms with Crippen molar-refractivity contribution < 1.29 is 13.2 Å². The standard InChI is InChI=1S/C14H19NO3S/c1-11(15-13-7-8-19(16,17)10-13)9-12-5-3-4-6-14(12)18-2/h3-8,11,13,15H,9-10H2,1-2H3. The summed E-state index contributed by atoms with van der Waals surface area (Å²) in [6, 6.07) is 7.96. The third kappa shape index (κ3) is 3.81. The molecule has 0 fully saturated rings. The second-order valence-electron chi connectivity index (χ2n) is 4.85. The molecular formula is C14H19NO3S. The van der Waals surface area contributed by atoms with E-state index in [1.807, 2.05) is 31.2 Å².